The lowest BCUT2D eigenvalue weighted by atomic mass is 10.0. The molecule has 2 aromatic heterocycles. The maximum absolute atomic E-state index is 11.4. The molecule has 41 heavy (non-hydrogen) atoms. The Morgan fingerprint density at radius 3 is 2.63 bits per heavy atom. The molecule has 0 spiro atoms. The third kappa shape index (κ3) is 6.48. The van der Waals surface area contributed by atoms with Gasteiger partial charge in [-0.3, -0.25) is 9.67 Å². The molecule has 3 aromatic carbocycles. The van der Waals surface area contributed by atoms with Crippen molar-refractivity contribution in [3.8, 4) is 0 Å². The second-order valence-electron chi connectivity index (χ2n) is 10.4. The van der Waals surface area contributed by atoms with Crippen LogP contribution in [-0.2, 0) is 29.5 Å². The number of nitrogens with zero attached hydrogens (tertiary/aromatic N) is 4. The van der Waals surface area contributed by atoms with Gasteiger partial charge in [0, 0.05) is 59.6 Å². The second-order valence-corrected chi connectivity index (χ2v) is 12.6. The largest absolute Gasteiger partial charge is 0.354 e. The van der Waals surface area contributed by atoms with Gasteiger partial charge in [-0.25, -0.2) is 8.42 Å². The van der Waals surface area contributed by atoms with Crippen molar-refractivity contribution in [1.82, 2.24) is 20.1 Å². The Bertz CT molecular complexity index is 1820. The smallest absolute Gasteiger partial charge is 0.148 e. The lowest BCUT2D eigenvalue weighted by Crippen LogP contribution is -2.23. The molecule has 1 aliphatic rings. The summed E-state index contributed by atoms with van der Waals surface area (Å²) < 4.78 is 24.8. The van der Waals surface area contributed by atoms with E-state index in [1.54, 1.807) is 0 Å². The number of aromatic nitrogens is 3. The molecule has 0 amide bonds. The van der Waals surface area contributed by atoms with Crippen molar-refractivity contribution in [3.63, 3.8) is 0 Å². The zero-order chi connectivity index (χ0) is 28.2. The van der Waals surface area contributed by atoms with Gasteiger partial charge in [0.15, 0.2) is 0 Å². The highest BCUT2D eigenvalue weighted by atomic mass is 32.2. The number of hydrogen-bond donors (Lipinski definition) is 2. The van der Waals surface area contributed by atoms with E-state index in [2.05, 4.69) is 80.4 Å². The molecule has 0 bridgehead atoms. The molecule has 0 saturated carbocycles. The van der Waals surface area contributed by atoms with Crippen molar-refractivity contribution in [2.45, 2.75) is 19.6 Å². The Morgan fingerprint density at radius 2 is 1.78 bits per heavy atom. The summed E-state index contributed by atoms with van der Waals surface area (Å²) in [4.78, 5) is 6.69. The van der Waals surface area contributed by atoms with E-state index >= 15 is 0 Å². The van der Waals surface area contributed by atoms with E-state index in [0.29, 0.717) is 19.6 Å². The van der Waals surface area contributed by atoms with Gasteiger partial charge >= 0.3 is 0 Å². The zero-order valence-corrected chi connectivity index (χ0v) is 23.7. The highest BCUT2D eigenvalue weighted by Crippen LogP contribution is 2.32. The summed E-state index contributed by atoms with van der Waals surface area (Å²) in [6.45, 7) is 2.46. The highest BCUT2D eigenvalue weighted by Gasteiger charge is 2.17. The number of benzene rings is 3. The Hall–Kier alpha value is -4.47. The molecule has 0 aliphatic carbocycles. The Morgan fingerprint density at radius 1 is 0.927 bits per heavy atom. The first-order valence-electron chi connectivity index (χ1n) is 13.6. The SMILES string of the molecule is CS(=O)(=O)CCNCc1cccc(N2C=Cc3cncc(Nc4ccc5c(cnn5Cc5ccccc5)c4)c3C2)c1. The van der Waals surface area contributed by atoms with Crippen molar-refractivity contribution in [2.24, 2.45) is 0 Å². The predicted octanol–water partition coefficient (Wildman–Crippen LogP) is 5.35. The lowest BCUT2D eigenvalue weighted by Gasteiger charge is -2.27. The van der Waals surface area contributed by atoms with Crippen LogP contribution in [0.15, 0.2) is 97.6 Å². The molecular weight excluding hydrogens is 532 g/mol. The number of fused-ring (bicyclic) bond motifs is 2. The molecule has 0 saturated heterocycles. The maximum Gasteiger partial charge on any atom is 0.148 e. The molecule has 0 fully saturated rings. The standard InChI is InChI=1S/C32H32N6O2S/c1-41(39,40)15-13-33-18-25-8-5-9-29(16-25)37-14-12-26-19-34-21-31(30(26)23-37)36-28-10-11-32-27(17-28)20-35-38(32)22-24-6-3-2-4-7-24/h2-12,14,16-17,19-21,33,36H,13,15,18,22-23H2,1H3. The quantitative estimate of drug-likeness (QED) is 0.221. The molecule has 2 N–H and O–H groups in total. The fourth-order valence-electron chi connectivity index (χ4n) is 5.04. The third-order valence-corrected chi connectivity index (χ3v) is 8.12. The van der Waals surface area contributed by atoms with Gasteiger partial charge < -0.3 is 15.5 Å². The van der Waals surface area contributed by atoms with Crippen LogP contribution in [0.1, 0.15) is 22.3 Å². The van der Waals surface area contributed by atoms with E-state index in [0.717, 1.165) is 45.6 Å². The fourth-order valence-corrected chi connectivity index (χ4v) is 5.56. The molecule has 5 aromatic rings. The summed E-state index contributed by atoms with van der Waals surface area (Å²) in [5, 5.41) is 12.5. The highest BCUT2D eigenvalue weighted by molar-refractivity contribution is 7.90. The van der Waals surface area contributed by atoms with E-state index in [1.165, 1.54) is 17.4 Å². The molecule has 3 heterocycles. The van der Waals surface area contributed by atoms with Crippen molar-refractivity contribution >= 4 is 43.9 Å². The number of nitrogens with one attached hydrogen (secondary N) is 2. The van der Waals surface area contributed by atoms with Crippen molar-refractivity contribution in [3.05, 3.63) is 120 Å². The molecule has 0 radical (unpaired) electrons. The van der Waals surface area contributed by atoms with E-state index in [-0.39, 0.29) is 5.75 Å². The van der Waals surface area contributed by atoms with Crippen molar-refractivity contribution < 1.29 is 8.42 Å². The van der Waals surface area contributed by atoms with Crippen LogP contribution in [0.4, 0.5) is 17.1 Å². The van der Waals surface area contributed by atoms with Crippen LogP contribution < -0.4 is 15.5 Å². The molecule has 8 nitrogen and oxygen atoms in total. The van der Waals surface area contributed by atoms with Crippen LogP contribution in [0.5, 0.6) is 0 Å². The number of pyridine rings is 1. The van der Waals surface area contributed by atoms with Gasteiger partial charge in [0.2, 0.25) is 0 Å². The van der Waals surface area contributed by atoms with Gasteiger partial charge in [0.05, 0.1) is 42.4 Å². The van der Waals surface area contributed by atoms with Gasteiger partial charge in [0.25, 0.3) is 0 Å². The van der Waals surface area contributed by atoms with E-state index in [4.69, 9.17) is 0 Å². The Kier molecular flexibility index (Phi) is 7.54. The average molecular weight is 565 g/mol. The van der Waals surface area contributed by atoms with Crippen LogP contribution in [0.2, 0.25) is 0 Å². The van der Waals surface area contributed by atoms with Gasteiger partial charge in [0.1, 0.15) is 9.84 Å². The molecular formula is C32H32N6O2S. The summed E-state index contributed by atoms with van der Waals surface area (Å²) in [6.07, 6.45) is 11.1. The Labute approximate surface area is 240 Å². The van der Waals surface area contributed by atoms with Crippen LogP contribution >= 0.6 is 0 Å². The fraction of sp³-hybridized carbons (Fsp3) is 0.188. The number of hydrogen-bond acceptors (Lipinski definition) is 7. The molecule has 208 valence electrons. The third-order valence-electron chi connectivity index (χ3n) is 7.17. The molecule has 0 atom stereocenters. The second kappa shape index (κ2) is 11.6. The summed E-state index contributed by atoms with van der Waals surface area (Å²) in [5.74, 6) is 0.130. The normalized spacial score (nSPS) is 13.0. The number of anilines is 3. The van der Waals surface area contributed by atoms with E-state index in [1.807, 2.05) is 53.6 Å². The van der Waals surface area contributed by atoms with E-state index in [9.17, 15) is 8.42 Å². The monoisotopic (exact) mass is 564 g/mol. The summed E-state index contributed by atoms with van der Waals surface area (Å²) >= 11 is 0. The first-order chi connectivity index (χ1) is 19.9. The maximum atomic E-state index is 11.4. The van der Waals surface area contributed by atoms with Crippen molar-refractivity contribution in [1.29, 1.82) is 0 Å². The minimum Gasteiger partial charge on any atom is -0.354 e. The zero-order valence-electron chi connectivity index (χ0n) is 22.9. The van der Waals surface area contributed by atoms with Crippen LogP contribution in [0, 0.1) is 0 Å². The summed E-state index contributed by atoms with van der Waals surface area (Å²) in [5.41, 5.74) is 8.68. The van der Waals surface area contributed by atoms with Gasteiger partial charge in [-0.1, -0.05) is 42.5 Å². The number of rotatable bonds is 10. The first-order valence-corrected chi connectivity index (χ1v) is 15.6. The molecule has 0 unspecified atom stereocenters. The lowest BCUT2D eigenvalue weighted by molar-refractivity contribution is 0.596. The summed E-state index contributed by atoms with van der Waals surface area (Å²) in [6, 6.07) is 25.0. The van der Waals surface area contributed by atoms with Crippen LogP contribution in [0.25, 0.3) is 17.0 Å². The van der Waals surface area contributed by atoms with E-state index < -0.39 is 9.84 Å². The van der Waals surface area contributed by atoms with Crippen LogP contribution in [0.3, 0.4) is 0 Å². The topological polar surface area (TPSA) is 92.2 Å². The summed E-state index contributed by atoms with van der Waals surface area (Å²) in [7, 11) is -2.98. The minimum atomic E-state index is -2.98. The van der Waals surface area contributed by atoms with Crippen molar-refractivity contribution in [2.75, 3.05) is 28.8 Å². The van der Waals surface area contributed by atoms with Crippen LogP contribution in [-0.4, -0.2) is 41.7 Å². The molecule has 9 heteroatoms. The molecule has 1 aliphatic heterocycles. The van der Waals surface area contributed by atoms with Gasteiger partial charge in [-0.2, -0.15) is 5.10 Å². The first kappa shape index (κ1) is 26.7. The van der Waals surface area contributed by atoms with Gasteiger partial charge in [-0.15, -0.1) is 0 Å². The van der Waals surface area contributed by atoms with Gasteiger partial charge in [-0.05, 0) is 47.5 Å². The Balaban J connectivity index is 1.17. The number of sulfone groups is 1. The minimum absolute atomic E-state index is 0.130. The predicted molar refractivity (Wildman–Crippen MR) is 166 cm³/mol. The average Bonchev–Trinajstić information content (AvgIpc) is 3.37. The molecule has 6 rings (SSSR count).